The van der Waals surface area contributed by atoms with Crippen LogP contribution in [0.5, 0.6) is 0 Å². The third-order valence-corrected chi connectivity index (χ3v) is 3.93. The van der Waals surface area contributed by atoms with Gasteiger partial charge >= 0.3 is 0 Å². The zero-order valence-corrected chi connectivity index (χ0v) is 12.7. The zero-order chi connectivity index (χ0) is 13.8. The summed E-state index contributed by atoms with van der Waals surface area (Å²) in [4.78, 5) is 11.5. The average molecular weight is 321 g/mol. The molecule has 0 aliphatic heterocycles. The fourth-order valence-corrected chi connectivity index (χ4v) is 2.15. The standard InChI is InChI=1S/C15H17BrN2O/c1-3-18-10-13(5-7-15(18)19)17-9-12-4-6-14(16)11(2)8-12/h4-8,10,17H,3,9H2,1-2H3. The van der Waals surface area contributed by atoms with Crippen LogP contribution in [0.25, 0.3) is 0 Å². The van der Waals surface area contributed by atoms with E-state index in [1.165, 1.54) is 11.1 Å². The van der Waals surface area contributed by atoms with Crippen molar-refractivity contribution in [3.05, 3.63) is 62.5 Å². The number of rotatable bonds is 4. The molecular formula is C15H17BrN2O. The second-order valence-electron chi connectivity index (χ2n) is 4.48. The lowest BCUT2D eigenvalue weighted by molar-refractivity contribution is 0.727. The van der Waals surface area contributed by atoms with E-state index in [9.17, 15) is 4.79 Å². The Balaban J connectivity index is 2.10. The van der Waals surface area contributed by atoms with Crippen LogP contribution in [0.2, 0.25) is 0 Å². The van der Waals surface area contributed by atoms with Gasteiger partial charge in [0.05, 0.1) is 5.69 Å². The quantitative estimate of drug-likeness (QED) is 0.934. The minimum atomic E-state index is 0.0348. The van der Waals surface area contributed by atoms with Crippen molar-refractivity contribution >= 4 is 21.6 Å². The molecule has 100 valence electrons. The highest BCUT2D eigenvalue weighted by Crippen LogP contribution is 2.17. The second kappa shape index (κ2) is 6.06. The Morgan fingerprint density at radius 2 is 2.05 bits per heavy atom. The maximum absolute atomic E-state index is 11.5. The van der Waals surface area contributed by atoms with Gasteiger partial charge < -0.3 is 9.88 Å². The van der Waals surface area contributed by atoms with E-state index in [-0.39, 0.29) is 5.56 Å². The Morgan fingerprint density at radius 3 is 2.74 bits per heavy atom. The number of aromatic nitrogens is 1. The van der Waals surface area contributed by atoms with Gasteiger partial charge in [-0.15, -0.1) is 0 Å². The largest absolute Gasteiger partial charge is 0.380 e. The minimum absolute atomic E-state index is 0.0348. The van der Waals surface area contributed by atoms with Crippen molar-refractivity contribution < 1.29 is 0 Å². The lowest BCUT2D eigenvalue weighted by Gasteiger charge is -2.10. The molecular weight excluding hydrogens is 304 g/mol. The molecule has 0 saturated heterocycles. The molecule has 1 aromatic carbocycles. The highest BCUT2D eigenvalue weighted by atomic mass is 79.9. The summed E-state index contributed by atoms with van der Waals surface area (Å²) < 4.78 is 2.81. The molecule has 0 radical (unpaired) electrons. The summed E-state index contributed by atoms with van der Waals surface area (Å²) in [5, 5.41) is 3.33. The molecule has 3 nitrogen and oxygen atoms in total. The van der Waals surface area contributed by atoms with Gasteiger partial charge in [0.25, 0.3) is 5.56 Å². The van der Waals surface area contributed by atoms with Crippen LogP contribution in [0.3, 0.4) is 0 Å². The van der Waals surface area contributed by atoms with E-state index in [1.54, 1.807) is 10.6 Å². The highest BCUT2D eigenvalue weighted by Gasteiger charge is 1.99. The fraction of sp³-hybridized carbons (Fsp3) is 0.267. The Morgan fingerprint density at radius 1 is 1.26 bits per heavy atom. The lowest BCUT2D eigenvalue weighted by Crippen LogP contribution is -2.17. The first-order chi connectivity index (χ1) is 9.10. The van der Waals surface area contributed by atoms with E-state index in [0.29, 0.717) is 6.54 Å². The molecule has 19 heavy (non-hydrogen) atoms. The number of pyridine rings is 1. The third kappa shape index (κ3) is 3.47. The van der Waals surface area contributed by atoms with E-state index in [4.69, 9.17) is 0 Å². The smallest absolute Gasteiger partial charge is 0.250 e. The second-order valence-corrected chi connectivity index (χ2v) is 5.33. The molecule has 1 aromatic heterocycles. The maximum atomic E-state index is 11.5. The molecule has 0 unspecified atom stereocenters. The molecule has 1 heterocycles. The number of halogens is 1. The summed E-state index contributed by atoms with van der Waals surface area (Å²) >= 11 is 3.49. The van der Waals surface area contributed by atoms with E-state index in [2.05, 4.69) is 46.4 Å². The van der Waals surface area contributed by atoms with Crippen LogP contribution in [0, 0.1) is 6.92 Å². The van der Waals surface area contributed by atoms with Crippen LogP contribution in [0.4, 0.5) is 5.69 Å². The van der Waals surface area contributed by atoms with Crippen molar-refractivity contribution in [2.75, 3.05) is 5.32 Å². The number of anilines is 1. The Labute approximate surface area is 121 Å². The summed E-state index contributed by atoms with van der Waals surface area (Å²) in [6.07, 6.45) is 1.86. The molecule has 0 amide bonds. The van der Waals surface area contributed by atoms with Gasteiger partial charge in [-0.3, -0.25) is 4.79 Å². The first kappa shape index (κ1) is 13.9. The highest BCUT2D eigenvalue weighted by molar-refractivity contribution is 9.10. The molecule has 0 atom stereocenters. The predicted octanol–water partition coefficient (Wildman–Crippen LogP) is 3.55. The van der Waals surface area contributed by atoms with Gasteiger partial charge in [0.1, 0.15) is 0 Å². The zero-order valence-electron chi connectivity index (χ0n) is 11.1. The number of benzene rings is 1. The van der Waals surface area contributed by atoms with E-state index in [0.717, 1.165) is 16.7 Å². The van der Waals surface area contributed by atoms with Gasteiger partial charge in [-0.05, 0) is 37.1 Å². The number of nitrogens with zero attached hydrogens (tertiary/aromatic N) is 1. The van der Waals surface area contributed by atoms with Crippen LogP contribution in [0.15, 0.2) is 45.8 Å². The molecule has 0 fully saturated rings. The molecule has 2 rings (SSSR count). The minimum Gasteiger partial charge on any atom is -0.380 e. The van der Waals surface area contributed by atoms with Crippen LogP contribution >= 0.6 is 15.9 Å². The summed E-state index contributed by atoms with van der Waals surface area (Å²) in [6.45, 7) is 5.47. The monoisotopic (exact) mass is 320 g/mol. The number of hydrogen-bond donors (Lipinski definition) is 1. The molecule has 0 saturated carbocycles. The summed E-state index contributed by atoms with van der Waals surface area (Å²) in [5.41, 5.74) is 3.43. The fourth-order valence-electron chi connectivity index (χ4n) is 1.90. The molecule has 4 heteroatoms. The average Bonchev–Trinajstić information content (AvgIpc) is 2.41. The molecule has 2 aromatic rings. The van der Waals surface area contributed by atoms with Crippen molar-refractivity contribution in [2.24, 2.45) is 0 Å². The molecule has 1 N–H and O–H groups in total. The van der Waals surface area contributed by atoms with Crippen LogP contribution < -0.4 is 10.9 Å². The van der Waals surface area contributed by atoms with Crippen molar-refractivity contribution in [1.29, 1.82) is 0 Å². The van der Waals surface area contributed by atoms with Crippen molar-refractivity contribution in [1.82, 2.24) is 4.57 Å². The van der Waals surface area contributed by atoms with E-state index in [1.807, 2.05) is 19.2 Å². The Hall–Kier alpha value is -1.55. The topological polar surface area (TPSA) is 34.0 Å². The van der Waals surface area contributed by atoms with Crippen LogP contribution in [-0.2, 0) is 13.1 Å². The summed E-state index contributed by atoms with van der Waals surface area (Å²) in [7, 11) is 0. The van der Waals surface area contributed by atoms with Crippen LogP contribution in [-0.4, -0.2) is 4.57 Å². The predicted molar refractivity (Wildman–Crippen MR) is 82.6 cm³/mol. The maximum Gasteiger partial charge on any atom is 0.250 e. The van der Waals surface area contributed by atoms with Crippen molar-refractivity contribution in [3.8, 4) is 0 Å². The van der Waals surface area contributed by atoms with Gasteiger partial charge in [0.2, 0.25) is 0 Å². The van der Waals surface area contributed by atoms with Gasteiger partial charge in [-0.1, -0.05) is 28.1 Å². The number of hydrogen-bond acceptors (Lipinski definition) is 2. The molecule has 0 aliphatic rings. The van der Waals surface area contributed by atoms with Gasteiger partial charge in [-0.25, -0.2) is 0 Å². The molecule has 0 aliphatic carbocycles. The van der Waals surface area contributed by atoms with Crippen molar-refractivity contribution in [3.63, 3.8) is 0 Å². The normalized spacial score (nSPS) is 10.5. The van der Waals surface area contributed by atoms with Crippen molar-refractivity contribution in [2.45, 2.75) is 26.9 Å². The van der Waals surface area contributed by atoms with Gasteiger partial charge in [0, 0.05) is 29.8 Å². The number of aryl methyl sites for hydroxylation is 2. The lowest BCUT2D eigenvalue weighted by atomic mass is 10.1. The molecule has 0 spiro atoms. The van der Waals surface area contributed by atoms with Gasteiger partial charge in [-0.2, -0.15) is 0 Å². The Kier molecular flexibility index (Phi) is 4.43. The Bertz CT molecular complexity index is 634. The van der Waals surface area contributed by atoms with Crippen LogP contribution in [0.1, 0.15) is 18.1 Å². The first-order valence-corrected chi connectivity index (χ1v) is 7.09. The summed E-state index contributed by atoms with van der Waals surface area (Å²) in [5.74, 6) is 0. The van der Waals surface area contributed by atoms with E-state index < -0.39 is 0 Å². The molecule has 0 bridgehead atoms. The SMILES string of the molecule is CCn1cc(NCc2ccc(Br)c(C)c2)ccc1=O. The third-order valence-electron chi connectivity index (χ3n) is 3.04. The first-order valence-electron chi connectivity index (χ1n) is 6.29. The summed E-state index contributed by atoms with van der Waals surface area (Å²) in [6, 6.07) is 9.70. The number of nitrogens with one attached hydrogen (secondary N) is 1. The van der Waals surface area contributed by atoms with Gasteiger partial charge in [0.15, 0.2) is 0 Å². The van der Waals surface area contributed by atoms with E-state index >= 15 is 0 Å².